The van der Waals surface area contributed by atoms with Gasteiger partial charge in [0.1, 0.15) is 11.7 Å². The maximum atomic E-state index is 12.2. The normalized spacial score (nSPS) is 12.1. The second-order valence-electron chi connectivity index (χ2n) is 4.59. The molecule has 0 saturated carbocycles. The Morgan fingerprint density at radius 3 is 2.40 bits per heavy atom. The molecule has 0 aliphatic carbocycles. The Morgan fingerprint density at radius 1 is 1.15 bits per heavy atom. The summed E-state index contributed by atoms with van der Waals surface area (Å²) in [5.41, 5.74) is 0.428. The van der Waals surface area contributed by atoms with Crippen LogP contribution in [-0.4, -0.2) is 24.0 Å². The van der Waals surface area contributed by atoms with Gasteiger partial charge in [-0.3, -0.25) is 9.59 Å². The van der Waals surface area contributed by atoms with E-state index in [0.717, 1.165) is 16.5 Å². The fraction of sp³-hybridized carbons (Fsp3) is 0.250. The van der Waals surface area contributed by atoms with Gasteiger partial charge >= 0.3 is 5.97 Å². The number of carboxylic acid groups (broad SMARTS) is 1. The van der Waals surface area contributed by atoms with Gasteiger partial charge in [-0.15, -0.1) is 0 Å². The molecule has 0 amide bonds. The van der Waals surface area contributed by atoms with Crippen LogP contribution in [-0.2, 0) is 4.79 Å². The minimum Gasteiger partial charge on any atom is -0.497 e. The number of carboxylic acids is 1. The minimum atomic E-state index is -1.08. The maximum absolute atomic E-state index is 12.2. The van der Waals surface area contributed by atoms with E-state index in [1.807, 2.05) is 18.2 Å². The van der Waals surface area contributed by atoms with Crippen molar-refractivity contribution < 1.29 is 19.4 Å². The number of Topliss-reactive ketones (excluding diaryl/α,β-unsaturated/α-hetero) is 1. The Bertz CT molecular complexity index is 661. The van der Waals surface area contributed by atoms with Crippen LogP contribution in [0, 0.1) is 5.92 Å². The number of fused-ring (bicyclic) bond motifs is 1. The molecule has 0 bridgehead atoms. The number of hydrogen-bond donors (Lipinski definition) is 1. The first-order valence-corrected chi connectivity index (χ1v) is 6.41. The quantitative estimate of drug-likeness (QED) is 0.671. The van der Waals surface area contributed by atoms with Crippen molar-refractivity contribution in [2.24, 2.45) is 5.92 Å². The van der Waals surface area contributed by atoms with Gasteiger partial charge in [0.2, 0.25) is 0 Å². The first-order chi connectivity index (χ1) is 9.56. The van der Waals surface area contributed by atoms with E-state index in [1.165, 1.54) is 0 Å². The molecule has 1 unspecified atom stereocenters. The second-order valence-corrected chi connectivity index (χ2v) is 4.59. The van der Waals surface area contributed by atoms with Gasteiger partial charge in [-0.25, -0.2) is 0 Å². The zero-order chi connectivity index (χ0) is 14.7. The topological polar surface area (TPSA) is 63.6 Å². The number of ketones is 1. The molecule has 4 nitrogen and oxygen atoms in total. The molecule has 0 spiro atoms. The van der Waals surface area contributed by atoms with Gasteiger partial charge < -0.3 is 9.84 Å². The number of carbonyl (C=O) groups excluding carboxylic acids is 1. The first-order valence-electron chi connectivity index (χ1n) is 6.41. The number of benzene rings is 2. The number of ether oxygens (including phenoxy) is 1. The van der Waals surface area contributed by atoms with Gasteiger partial charge in [-0.2, -0.15) is 0 Å². The van der Waals surface area contributed by atoms with Gasteiger partial charge in [0, 0.05) is 5.56 Å². The molecule has 2 rings (SSSR count). The third kappa shape index (κ3) is 2.64. The average Bonchev–Trinajstić information content (AvgIpc) is 2.46. The number of methoxy groups -OCH3 is 1. The highest BCUT2D eigenvalue weighted by molar-refractivity contribution is 6.09. The van der Waals surface area contributed by atoms with Crippen LogP contribution in [0.15, 0.2) is 36.4 Å². The molecular weight excluding hydrogens is 256 g/mol. The molecule has 20 heavy (non-hydrogen) atoms. The predicted molar refractivity (Wildman–Crippen MR) is 76.2 cm³/mol. The summed E-state index contributed by atoms with van der Waals surface area (Å²) in [5, 5.41) is 10.9. The molecule has 1 N–H and O–H groups in total. The third-order valence-electron chi connectivity index (χ3n) is 3.35. The molecule has 4 heteroatoms. The molecule has 0 aromatic heterocycles. The lowest BCUT2D eigenvalue weighted by Gasteiger charge is -2.10. The maximum Gasteiger partial charge on any atom is 0.314 e. The van der Waals surface area contributed by atoms with Crippen molar-refractivity contribution in [3.63, 3.8) is 0 Å². The standard InChI is InChI=1S/C16H16O4/c1-3-14(16(18)19)15(17)12-5-4-11-9-13(20-2)7-6-10(11)8-12/h4-9,14H,3H2,1-2H3,(H,18,19). The van der Waals surface area contributed by atoms with Crippen molar-refractivity contribution in [3.8, 4) is 5.75 Å². The van der Waals surface area contributed by atoms with E-state index in [9.17, 15) is 9.59 Å². The van der Waals surface area contributed by atoms with Crippen molar-refractivity contribution in [1.29, 1.82) is 0 Å². The molecule has 0 heterocycles. The van der Waals surface area contributed by atoms with Crippen LogP contribution in [0.4, 0.5) is 0 Å². The van der Waals surface area contributed by atoms with E-state index in [4.69, 9.17) is 9.84 Å². The molecular formula is C16H16O4. The monoisotopic (exact) mass is 272 g/mol. The van der Waals surface area contributed by atoms with Crippen LogP contribution in [0.5, 0.6) is 5.75 Å². The lowest BCUT2D eigenvalue weighted by molar-refractivity contribution is -0.140. The fourth-order valence-corrected chi connectivity index (χ4v) is 2.18. The number of aliphatic carboxylic acids is 1. The summed E-state index contributed by atoms with van der Waals surface area (Å²) in [6.45, 7) is 1.70. The van der Waals surface area contributed by atoms with E-state index >= 15 is 0 Å². The van der Waals surface area contributed by atoms with Crippen LogP contribution in [0.3, 0.4) is 0 Å². The van der Waals surface area contributed by atoms with Gasteiger partial charge in [0.25, 0.3) is 0 Å². The molecule has 0 aliphatic rings. The van der Waals surface area contributed by atoms with Gasteiger partial charge in [0.05, 0.1) is 7.11 Å². The Hall–Kier alpha value is -2.36. The summed E-state index contributed by atoms with van der Waals surface area (Å²) in [5.74, 6) is -1.66. The molecule has 2 aromatic rings. The Morgan fingerprint density at radius 2 is 1.80 bits per heavy atom. The van der Waals surface area contributed by atoms with Gasteiger partial charge in [-0.1, -0.05) is 25.1 Å². The van der Waals surface area contributed by atoms with Crippen LogP contribution in [0.2, 0.25) is 0 Å². The third-order valence-corrected chi connectivity index (χ3v) is 3.35. The van der Waals surface area contributed by atoms with Crippen LogP contribution in [0.25, 0.3) is 10.8 Å². The summed E-state index contributed by atoms with van der Waals surface area (Å²) in [6, 6.07) is 10.7. The first kappa shape index (κ1) is 14.1. The Labute approximate surface area is 117 Å². The second kappa shape index (κ2) is 5.74. The van der Waals surface area contributed by atoms with Crippen molar-refractivity contribution in [1.82, 2.24) is 0 Å². The SMILES string of the molecule is CCC(C(=O)O)C(=O)c1ccc2cc(OC)ccc2c1. The average molecular weight is 272 g/mol. The molecule has 104 valence electrons. The summed E-state index contributed by atoms with van der Waals surface area (Å²) in [4.78, 5) is 23.2. The van der Waals surface area contributed by atoms with Crippen molar-refractivity contribution in [3.05, 3.63) is 42.0 Å². The van der Waals surface area contributed by atoms with Crippen LogP contribution >= 0.6 is 0 Å². The number of rotatable bonds is 5. The highest BCUT2D eigenvalue weighted by atomic mass is 16.5. The largest absolute Gasteiger partial charge is 0.497 e. The van der Waals surface area contributed by atoms with Crippen molar-refractivity contribution >= 4 is 22.5 Å². The molecule has 0 fully saturated rings. The molecule has 2 aromatic carbocycles. The smallest absolute Gasteiger partial charge is 0.314 e. The summed E-state index contributed by atoms with van der Waals surface area (Å²) in [6.07, 6.45) is 0.287. The highest BCUT2D eigenvalue weighted by Gasteiger charge is 2.25. The fourth-order valence-electron chi connectivity index (χ4n) is 2.18. The van der Waals surface area contributed by atoms with E-state index in [1.54, 1.807) is 32.2 Å². The summed E-state index contributed by atoms with van der Waals surface area (Å²) < 4.78 is 5.14. The Kier molecular flexibility index (Phi) is 4.03. The highest BCUT2D eigenvalue weighted by Crippen LogP contribution is 2.23. The zero-order valence-electron chi connectivity index (χ0n) is 11.4. The van der Waals surface area contributed by atoms with E-state index in [2.05, 4.69) is 0 Å². The van der Waals surface area contributed by atoms with Gasteiger partial charge in [0.15, 0.2) is 5.78 Å². The van der Waals surface area contributed by atoms with Crippen LogP contribution < -0.4 is 4.74 Å². The van der Waals surface area contributed by atoms with Crippen molar-refractivity contribution in [2.45, 2.75) is 13.3 Å². The van der Waals surface area contributed by atoms with Crippen LogP contribution in [0.1, 0.15) is 23.7 Å². The predicted octanol–water partition coefficient (Wildman–Crippen LogP) is 3.14. The number of carbonyl (C=O) groups is 2. The zero-order valence-corrected chi connectivity index (χ0v) is 11.4. The molecule has 1 atom stereocenters. The van der Waals surface area contributed by atoms with E-state index < -0.39 is 11.9 Å². The Balaban J connectivity index is 2.41. The summed E-state index contributed by atoms with van der Waals surface area (Å²) >= 11 is 0. The van der Waals surface area contributed by atoms with E-state index in [-0.39, 0.29) is 12.2 Å². The minimum absolute atomic E-state index is 0.287. The lowest BCUT2D eigenvalue weighted by atomic mass is 9.94. The molecule has 0 radical (unpaired) electrons. The van der Waals surface area contributed by atoms with Gasteiger partial charge in [-0.05, 0) is 35.4 Å². The van der Waals surface area contributed by atoms with E-state index in [0.29, 0.717) is 5.56 Å². The molecule has 0 saturated heterocycles. The van der Waals surface area contributed by atoms with Crippen molar-refractivity contribution in [2.75, 3.05) is 7.11 Å². The summed E-state index contributed by atoms with van der Waals surface area (Å²) in [7, 11) is 1.60. The lowest BCUT2D eigenvalue weighted by Crippen LogP contribution is -2.23. The number of hydrogen-bond acceptors (Lipinski definition) is 3. The molecule has 0 aliphatic heterocycles.